The number of esters is 1. The average Bonchev–Trinajstić information content (AvgIpc) is 2.95. The van der Waals surface area contributed by atoms with Gasteiger partial charge in [0.2, 0.25) is 0 Å². The molecule has 1 aromatic rings. The minimum absolute atomic E-state index is 0.00344. The molecule has 0 aromatic heterocycles. The maximum Gasteiger partial charge on any atom is 0.433 e. The van der Waals surface area contributed by atoms with Crippen LogP contribution in [0, 0.1) is 12.8 Å². The maximum absolute atomic E-state index is 15.1. The Morgan fingerprint density at radius 2 is 1.50 bits per heavy atom. The van der Waals surface area contributed by atoms with E-state index in [0.717, 1.165) is 44.1 Å². The van der Waals surface area contributed by atoms with E-state index >= 15 is 4.39 Å². The van der Waals surface area contributed by atoms with Crippen molar-refractivity contribution < 1.29 is 35.5 Å². The van der Waals surface area contributed by atoms with Crippen molar-refractivity contribution >= 4 is 15.8 Å². The Balaban J connectivity index is 2.11. The molecule has 3 atom stereocenters. The molecule has 1 aliphatic rings. The molecule has 1 aromatic carbocycles. The van der Waals surface area contributed by atoms with Crippen LogP contribution in [0.3, 0.4) is 0 Å². The maximum atomic E-state index is 15.1. The van der Waals surface area contributed by atoms with Crippen LogP contribution in [0.2, 0.25) is 0 Å². The van der Waals surface area contributed by atoms with E-state index in [-0.39, 0.29) is 11.3 Å². The second-order valence-corrected chi connectivity index (χ2v) is 10.7. The molecule has 1 heterocycles. The first-order valence-electron chi connectivity index (χ1n) is 11.2. The predicted molar refractivity (Wildman–Crippen MR) is 114 cm³/mol. The van der Waals surface area contributed by atoms with Gasteiger partial charge in [0.1, 0.15) is 6.10 Å². The first-order valence-corrected chi connectivity index (χ1v) is 12.8. The number of rotatable bonds is 12. The van der Waals surface area contributed by atoms with Crippen molar-refractivity contribution in [1.82, 2.24) is 0 Å². The minimum atomic E-state index is -5.56. The second kappa shape index (κ2) is 11.0. The average molecular weight is 481 g/mol. The molecule has 0 bridgehead atoms. The first-order chi connectivity index (χ1) is 14.9. The number of alkyl halides is 4. The molecule has 1 saturated heterocycles. The first kappa shape index (κ1) is 26.6. The van der Waals surface area contributed by atoms with Crippen LogP contribution in [0.4, 0.5) is 17.6 Å². The highest BCUT2D eigenvalue weighted by Crippen LogP contribution is 2.49. The van der Waals surface area contributed by atoms with Gasteiger partial charge in [-0.25, -0.2) is 17.6 Å². The van der Waals surface area contributed by atoms with Crippen molar-refractivity contribution in [2.45, 2.75) is 94.5 Å². The second-order valence-electron chi connectivity index (χ2n) is 8.62. The van der Waals surface area contributed by atoms with Gasteiger partial charge in [0.15, 0.2) is 9.84 Å². The largest absolute Gasteiger partial charge is 0.459 e. The smallest absolute Gasteiger partial charge is 0.433 e. The number of benzene rings is 1. The molecular weight excluding hydrogens is 448 g/mol. The molecule has 2 rings (SSSR count). The summed E-state index contributed by atoms with van der Waals surface area (Å²) < 4.78 is 86.1. The van der Waals surface area contributed by atoms with Gasteiger partial charge in [-0.05, 0) is 31.9 Å². The molecule has 0 spiro atoms. The summed E-state index contributed by atoms with van der Waals surface area (Å²) in [7, 11) is -4.27. The van der Waals surface area contributed by atoms with E-state index in [4.69, 9.17) is 4.74 Å². The Hall–Kier alpha value is -1.64. The van der Waals surface area contributed by atoms with E-state index in [1.54, 1.807) is 6.92 Å². The van der Waals surface area contributed by atoms with E-state index in [1.165, 1.54) is 24.3 Å². The van der Waals surface area contributed by atoms with Crippen molar-refractivity contribution in [1.29, 1.82) is 0 Å². The molecule has 32 heavy (non-hydrogen) atoms. The summed E-state index contributed by atoms with van der Waals surface area (Å²) in [6.45, 7) is 3.85. The number of carbonyl (C=O) groups is 1. The third kappa shape index (κ3) is 6.23. The van der Waals surface area contributed by atoms with Crippen molar-refractivity contribution in [3.63, 3.8) is 0 Å². The van der Waals surface area contributed by atoms with Gasteiger partial charge in [-0.15, -0.1) is 0 Å². The Morgan fingerprint density at radius 1 is 0.969 bits per heavy atom. The number of ether oxygens (including phenoxy) is 1. The fraction of sp³-hybridized carbons (Fsp3) is 0.696. The SMILES string of the molecule is CCCCCCCCCC[C@@H]1OC(=O)[C@@](F)(C(F)(F)F)[C@H]1CS(=O)(=O)c1ccc(C)cc1. The lowest BCUT2D eigenvalue weighted by Crippen LogP contribution is -2.52. The fourth-order valence-corrected chi connectivity index (χ4v) is 5.74. The van der Waals surface area contributed by atoms with E-state index < -0.39 is 45.4 Å². The summed E-state index contributed by atoms with van der Waals surface area (Å²) in [5.74, 6) is -5.34. The van der Waals surface area contributed by atoms with Gasteiger partial charge in [-0.1, -0.05) is 69.6 Å². The van der Waals surface area contributed by atoms with E-state index in [1.807, 2.05) is 0 Å². The monoisotopic (exact) mass is 480 g/mol. The molecule has 0 aliphatic carbocycles. The van der Waals surface area contributed by atoms with Crippen LogP contribution < -0.4 is 0 Å². The van der Waals surface area contributed by atoms with Crippen molar-refractivity contribution in [2.24, 2.45) is 5.92 Å². The van der Waals surface area contributed by atoms with Crippen LogP contribution in [-0.2, 0) is 19.4 Å². The number of hydrogen-bond acceptors (Lipinski definition) is 4. The van der Waals surface area contributed by atoms with Gasteiger partial charge >= 0.3 is 17.8 Å². The van der Waals surface area contributed by atoms with Gasteiger partial charge in [0, 0.05) is 0 Å². The number of sulfone groups is 1. The molecule has 4 nitrogen and oxygen atoms in total. The number of cyclic esters (lactones) is 1. The minimum Gasteiger partial charge on any atom is -0.459 e. The molecule has 1 aliphatic heterocycles. The number of hydrogen-bond donors (Lipinski definition) is 0. The lowest BCUT2D eigenvalue weighted by molar-refractivity contribution is -0.235. The highest BCUT2D eigenvalue weighted by atomic mass is 32.2. The highest BCUT2D eigenvalue weighted by Gasteiger charge is 2.73. The van der Waals surface area contributed by atoms with Crippen molar-refractivity contribution in [3.05, 3.63) is 29.8 Å². The normalized spacial score (nSPS) is 24.0. The predicted octanol–water partition coefficient (Wildman–Crippen LogP) is 6.11. The topological polar surface area (TPSA) is 60.4 Å². The van der Waals surface area contributed by atoms with Gasteiger partial charge in [-0.3, -0.25) is 0 Å². The fourth-order valence-electron chi connectivity index (χ4n) is 4.08. The summed E-state index contributed by atoms with van der Waals surface area (Å²) >= 11 is 0. The zero-order chi connectivity index (χ0) is 24.0. The molecule has 0 amide bonds. The number of carbonyl (C=O) groups excluding carboxylic acids is 1. The third-order valence-corrected chi connectivity index (χ3v) is 7.84. The number of halogens is 4. The van der Waals surface area contributed by atoms with E-state index in [0.29, 0.717) is 12.8 Å². The Bertz CT molecular complexity index is 852. The molecular formula is C23H32F4O4S. The van der Waals surface area contributed by atoms with Crippen LogP contribution in [0.25, 0.3) is 0 Å². The lowest BCUT2D eigenvalue weighted by atomic mass is 9.86. The molecule has 9 heteroatoms. The highest BCUT2D eigenvalue weighted by molar-refractivity contribution is 7.91. The van der Waals surface area contributed by atoms with Crippen LogP contribution in [-0.4, -0.2) is 38.1 Å². The lowest BCUT2D eigenvalue weighted by Gasteiger charge is -2.27. The molecule has 0 N–H and O–H groups in total. The Labute approximate surface area is 187 Å². The van der Waals surface area contributed by atoms with Crippen LogP contribution in [0.1, 0.15) is 70.3 Å². The van der Waals surface area contributed by atoms with Gasteiger partial charge in [0.05, 0.1) is 16.6 Å². The summed E-state index contributed by atoms with van der Waals surface area (Å²) in [6.07, 6.45) is 0.481. The van der Waals surface area contributed by atoms with Gasteiger partial charge in [-0.2, -0.15) is 13.2 Å². The summed E-state index contributed by atoms with van der Waals surface area (Å²) in [5.41, 5.74) is -3.57. The van der Waals surface area contributed by atoms with Crippen LogP contribution >= 0.6 is 0 Å². The summed E-state index contributed by atoms with van der Waals surface area (Å²) in [5, 5.41) is 0. The molecule has 1 fully saturated rings. The Morgan fingerprint density at radius 3 is 2.03 bits per heavy atom. The van der Waals surface area contributed by atoms with E-state index in [2.05, 4.69) is 6.92 Å². The number of unbranched alkanes of at least 4 members (excludes halogenated alkanes) is 7. The summed E-state index contributed by atoms with van der Waals surface area (Å²) in [6, 6.07) is 5.55. The standard InChI is InChI=1S/C23H32F4O4S/c1-3-4-5-6-7-8-9-10-11-20-19(22(24,21(28)31-20)23(25,26)27)16-32(29,30)18-14-12-17(2)13-15-18/h12-15,19-20H,3-11,16H2,1-2H3/t19-,20-,22+/m0/s1. The summed E-state index contributed by atoms with van der Waals surface area (Å²) in [4.78, 5) is 11.7. The molecule has 0 radical (unpaired) electrons. The Kier molecular flexibility index (Phi) is 9.14. The van der Waals surface area contributed by atoms with Crippen LogP contribution in [0.5, 0.6) is 0 Å². The van der Waals surface area contributed by atoms with Crippen molar-refractivity contribution in [3.8, 4) is 0 Å². The molecule has 0 saturated carbocycles. The van der Waals surface area contributed by atoms with Crippen molar-refractivity contribution in [2.75, 3.05) is 5.75 Å². The zero-order valence-corrected chi connectivity index (χ0v) is 19.4. The van der Waals surface area contributed by atoms with Gasteiger partial charge in [0.25, 0.3) is 0 Å². The third-order valence-electron chi connectivity index (χ3n) is 6.05. The quantitative estimate of drug-likeness (QED) is 0.206. The number of aryl methyl sites for hydroxylation is 1. The molecule has 182 valence electrons. The van der Waals surface area contributed by atoms with E-state index in [9.17, 15) is 26.4 Å². The molecule has 0 unspecified atom stereocenters. The van der Waals surface area contributed by atoms with Gasteiger partial charge < -0.3 is 4.74 Å². The van der Waals surface area contributed by atoms with Crippen LogP contribution in [0.15, 0.2) is 29.2 Å². The zero-order valence-electron chi connectivity index (χ0n) is 18.6.